The van der Waals surface area contributed by atoms with Crippen molar-refractivity contribution < 1.29 is 9.59 Å². The van der Waals surface area contributed by atoms with Crippen LogP contribution in [0.4, 0.5) is 0 Å². The Balaban J connectivity index is 2.56. The van der Waals surface area contributed by atoms with Crippen molar-refractivity contribution in [2.75, 3.05) is 13.1 Å². The van der Waals surface area contributed by atoms with Crippen LogP contribution in [0.5, 0.6) is 0 Å². The van der Waals surface area contributed by atoms with Crippen molar-refractivity contribution >= 4 is 27.7 Å². The second kappa shape index (κ2) is 9.42. The third kappa shape index (κ3) is 5.33. The molecule has 1 heterocycles. The summed E-state index contributed by atoms with van der Waals surface area (Å²) in [6.07, 6.45) is 3.56. The Hall–Kier alpha value is -1.89. The van der Waals surface area contributed by atoms with Gasteiger partial charge in [0.2, 0.25) is 11.8 Å². The van der Waals surface area contributed by atoms with Gasteiger partial charge < -0.3 is 10.2 Å². The molecule has 0 aliphatic rings. The van der Waals surface area contributed by atoms with E-state index < -0.39 is 6.04 Å². The van der Waals surface area contributed by atoms with E-state index in [1.54, 1.807) is 28.7 Å². The third-order valence-electron chi connectivity index (χ3n) is 3.60. The smallest absolute Gasteiger partial charge is 0.245 e. The van der Waals surface area contributed by atoms with Gasteiger partial charge in [-0.1, -0.05) is 12.2 Å². The van der Waals surface area contributed by atoms with Crippen LogP contribution in [0.3, 0.4) is 0 Å². The topological polar surface area (TPSA) is 67.2 Å². The second-order valence-corrected chi connectivity index (χ2v) is 6.36. The Kier molecular flexibility index (Phi) is 7.91. The van der Waals surface area contributed by atoms with E-state index in [9.17, 15) is 9.59 Å². The van der Waals surface area contributed by atoms with Crippen molar-refractivity contribution in [3.8, 4) is 0 Å². The van der Waals surface area contributed by atoms with Gasteiger partial charge in [-0.3, -0.25) is 14.3 Å². The van der Waals surface area contributed by atoms with Crippen LogP contribution >= 0.6 is 15.9 Å². The first kappa shape index (κ1) is 20.2. The lowest BCUT2D eigenvalue weighted by Crippen LogP contribution is -2.47. The van der Waals surface area contributed by atoms with Crippen molar-refractivity contribution in [2.24, 2.45) is 0 Å². The first-order valence-electron chi connectivity index (χ1n) is 7.81. The summed E-state index contributed by atoms with van der Waals surface area (Å²) >= 11 is 3.46. The van der Waals surface area contributed by atoms with E-state index in [1.165, 1.54) is 0 Å². The number of amides is 2. The van der Waals surface area contributed by atoms with Crippen molar-refractivity contribution in [3.63, 3.8) is 0 Å². The maximum Gasteiger partial charge on any atom is 0.245 e. The summed E-state index contributed by atoms with van der Waals surface area (Å²) in [5.41, 5.74) is 1.87. The van der Waals surface area contributed by atoms with Crippen LogP contribution < -0.4 is 5.32 Å². The summed E-state index contributed by atoms with van der Waals surface area (Å²) in [5.74, 6) is -0.339. The number of nitrogens with zero attached hydrogens (tertiary/aromatic N) is 3. The molecular weight excluding hydrogens is 372 g/mol. The van der Waals surface area contributed by atoms with Gasteiger partial charge in [0.15, 0.2) is 0 Å². The molecule has 0 aliphatic heterocycles. The SMILES string of the molecule is C=CCN(CC=C)C(=O)C(C)NC(=O)CCn1nc(C)c(Br)c1C. The zero-order valence-corrected chi connectivity index (χ0v) is 16.1. The Morgan fingerprint density at radius 2 is 1.92 bits per heavy atom. The Labute approximate surface area is 151 Å². The number of aryl methyl sites for hydroxylation is 2. The molecule has 0 aromatic carbocycles. The average Bonchev–Trinajstić information content (AvgIpc) is 2.79. The van der Waals surface area contributed by atoms with Crippen LogP contribution in [0, 0.1) is 13.8 Å². The van der Waals surface area contributed by atoms with E-state index in [1.807, 2.05) is 13.8 Å². The van der Waals surface area contributed by atoms with Crippen molar-refractivity contribution in [3.05, 3.63) is 41.2 Å². The number of hydrogen-bond acceptors (Lipinski definition) is 3. The molecule has 0 bridgehead atoms. The molecular formula is C17H25BrN4O2. The minimum Gasteiger partial charge on any atom is -0.345 e. The van der Waals surface area contributed by atoms with Gasteiger partial charge in [-0.05, 0) is 36.7 Å². The third-order valence-corrected chi connectivity index (χ3v) is 4.75. The van der Waals surface area contributed by atoms with E-state index in [2.05, 4.69) is 39.5 Å². The molecule has 1 N–H and O–H groups in total. The van der Waals surface area contributed by atoms with Gasteiger partial charge in [0.1, 0.15) is 6.04 Å². The molecule has 0 spiro atoms. The molecule has 0 radical (unpaired) electrons. The predicted molar refractivity (Wildman–Crippen MR) is 98.6 cm³/mol. The number of aromatic nitrogens is 2. The largest absolute Gasteiger partial charge is 0.345 e. The molecule has 1 atom stereocenters. The van der Waals surface area contributed by atoms with Crippen LogP contribution in [0.25, 0.3) is 0 Å². The van der Waals surface area contributed by atoms with Gasteiger partial charge in [-0.2, -0.15) is 5.10 Å². The molecule has 6 nitrogen and oxygen atoms in total. The number of halogens is 1. The zero-order chi connectivity index (χ0) is 18.3. The van der Waals surface area contributed by atoms with Crippen LogP contribution in [-0.2, 0) is 16.1 Å². The molecule has 0 saturated heterocycles. The van der Waals surface area contributed by atoms with Gasteiger partial charge in [-0.15, -0.1) is 13.2 Å². The molecule has 0 aliphatic carbocycles. The van der Waals surface area contributed by atoms with E-state index >= 15 is 0 Å². The molecule has 1 aromatic heterocycles. The number of rotatable bonds is 9. The van der Waals surface area contributed by atoms with E-state index in [-0.39, 0.29) is 18.2 Å². The molecule has 0 saturated carbocycles. The molecule has 132 valence electrons. The van der Waals surface area contributed by atoms with Gasteiger partial charge in [-0.25, -0.2) is 0 Å². The van der Waals surface area contributed by atoms with Gasteiger partial charge in [0, 0.05) is 25.2 Å². The summed E-state index contributed by atoms with van der Waals surface area (Å²) in [7, 11) is 0. The first-order chi connectivity index (χ1) is 11.3. The van der Waals surface area contributed by atoms with Gasteiger partial charge in [0.05, 0.1) is 16.7 Å². The highest BCUT2D eigenvalue weighted by atomic mass is 79.9. The van der Waals surface area contributed by atoms with Crippen molar-refractivity contribution in [1.82, 2.24) is 20.0 Å². The van der Waals surface area contributed by atoms with Gasteiger partial charge in [0.25, 0.3) is 0 Å². The highest BCUT2D eigenvalue weighted by molar-refractivity contribution is 9.10. The van der Waals surface area contributed by atoms with Gasteiger partial charge >= 0.3 is 0 Å². The molecule has 2 amide bonds. The predicted octanol–water partition coefficient (Wildman–Crippen LogP) is 2.36. The number of nitrogens with one attached hydrogen (secondary N) is 1. The average molecular weight is 397 g/mol. The lowest BCUT2D eigenvalue weighted by molar-refractivity contribution is -0.135. The van der Waals surface area contributed by atoms with Crippen LogP contribution in [0.15, 0.2) is 29.8 Å². The fourth-order valence-corrected chi connectivity index (χ4v) is 2.60. The van der Waals surface area contributed by atoms with E-state index in [0.29, 0.717) is 19.6 Å². The second-order valence-electron chi connectivity index (χ2n) is 5.57. The maximum absolute atomic E-state index is 12.3. The fourth-order valence-electron chi connectivity index (χ4n) is 2.32. The summed E-state index contributed by atoms with van der Waals surface area (Å²) in [5, 5.41) is 7.10. The summed E-state index contributed by atoms with van der Waals surface area (Å²) in [6.45, 7) is 14.1. The zero-order valence-electron chi connectivity index (χ0n) is 14.5. The molecule has 0 fully saturated rings. The van der Waals surface area contributed by atoms with Crippen molar-refractivity contribution in [1.29, 1.82) is 0 Å². The van der Waals surface area contributed by atoms with E-state index in [0.717, 1.165) is 15.9 Å². The van der Waals surface area contributed by atoms with Crippen LogP contribution in [0.2, 0.25) is 0 Å². The monoisotopic (exact) mass is 396 g/mol. The van der Waals surface area contributed by atoms with Crippen LogP contribution in [-0.4, -0.2) is 45.6 Å². The van der Waals surface area contributed by atoms with Crippen molar-refractivity contribution in [2.45, 2.75) is 39.8 Å². The number of carbonyl (C=O) groups is 2. The minimum absolute atomic E-state index is 0.156. The lowest BCUT2D eigenvalue weighted by atomic mass is 10.2. The lowest BCUT2D eigenvalue weighted by Gasteiger charge is -2.23. The Bertz CT molecular complexity index is 614. The number of carbonyl (C=O) groups excluding carboxylic acids is 2. The van der Waals surface area contributed by atoms with E-state index in [4.69, 9.17) is 0 Å². The van der Waals surface area contributed by atoms with Crippen LogP contribution in [0.1, 0.15) is 24.7 Å². The molecule has 1 aromatic rings. The normalized spacial score (nSPS) is 11.7. The Morgan fingerprint density at radius 3 is 2.38 bits per heavy atom. The highest BCUT2D eigenvalue weighted by Crippen LogP contribution is 2.19. The summed E-state index contributed by atoms with van der Waals surface area (Å²) < 4.78 is 2.74. The quantitative estimate of drug-likeness (QED) is 0.651. The molecule has 7 heteroatoms. The summed E-state index contributed by atoms with van der Waals surface area (Å²) in [6, 6.07) is -0.593. The number of hydrogen-bond donors (Lipinski definition) is 1. The maximum atomic E-state index is 12.3. The first-order valence-corrected chi connectivity index (χ1v) is 8.60. The molecule has 1 unspecified atom stereocenters. The minimum atomic E-state index is -0.593. The highest BCUT2D eigenvalue weighted by Gasteiger charge is 2.20. The molecule has 24 heavy (non-hydrogen) atoms. The fraction of sp³-hybridized carbons (Fsp3) is 0.471. The standard InChI is InChI=1S/C17H25BrN4O2/c1-6-9-21(10-7-2)17(24)13(4)19-15(23)8-11-22-14(5)16(18)12(3)20-22/h6-7,13H,1-2,8-11H2,3-5H3,(H,19,23). The molecule has 1 rings (SSSR count). The summed E-state index contributed by atoms with van der Waals surface area (Å²) in [4.78, 5) is 26.0. The Morgan fingerprint density at radius 1 is 1.33 bits per heavy atom.